The predicted octanol–water partition coefficient (Wildman–Crippen LogP) is 5.20. The zero-order valence-electron chi connectivity index (χ0n) is 13.2. The van der Waals surface area contributed by atoms with E-state index in [0.717, 1.165) is 25.1 Å². The van der Waals surface area contributed by atoms with E-state index in [9.17, 15) is 4.79 Å². The number of hydrogen-bond donors (Lipinski definition) is 1. The molecule has 1 amide bonds. The van der Waals surface area contributed by atoms with Crippen LogP contribution in [0.4, 0.5) is 5.13 Å². The number of thioether (sulfide) groups is 1. The summed E-state index contributed by atoms with van der Waals surface area (Å²) in [6.45, 7) is 0. The Morgan fingerprint density at radius 2 is 1.88 bits per heavy atom. The van der Waals surface area contributed by atoms with E-state index in [-0.39, 0.29) is 11.7 Å². The Morgan fingerprint density at radius 1 is 1.08 bits per heavy atom. The second kappa shape index (κ2) is 7.71. The van der Waals surface area contributed by atoms with Gasteiger partial charge in [0.25, 0.3) is 0 Å². The van der Waals surface area contributed by atoms with Crippen molar-refractivity contribution in [2.45, 2.75) is 4.34 Å². The Hall–Kier alpha value is -2.00. The smallest absolute Gasteiger partial charge is 0.236 e. The van der Waals surface area contributed by atoms with Crippen LogP contribution in [0.3, 0.4) is 0 Å². The molecule has 26 heavy (non-hydrogen) atoms. The van der Waals surface area contributed by atoms with Crippen molar-refractivity contribution in [3.05, 3.63) is 53.6 Å². The third kappa shape index (κ3) is 4.04. The minimum Gasteiger partial charge on any atom is -0.300 e. The summed E-state index contributed by atoms with van der Waals surface area (Å²) < 4.78 is 1.99. The molecule has 2 aromatic heterocycles. The van der Waals surface area contributed by atoms with E-state index in [0.29, 0.717) is 10.2 Å². The first kappa shape index (κ1) is 17.4. The van der Waals surface area contributed by atoms with Gasteiger partial charge in [0.05, 0.1) is 16.0 Å². The highest BCUT2D eigenvalue weighted by atomic mass is 35.5. The molecule has 130 valence electrons. The fraction of sp³-hybridized carbons (Fsp3) is 0.0588. The minimum atomic E-state index is -0.131. The fourth-order valence-corrected chi connectivity index (χ4v) is 4.94. The number of benzene rings is 2. The Balaban J connectivity index is 1.36. The maximum atomic E-state index is 12.2. The van der Waals surface area contributed by atoms with Gasteiger partial charge in [-0.3, -0.25) is 10.1 Å². The number of para-hydroxylation sites is 1. The van der Waals surface area contributed by atoms with E-state index in [2.05, 4.69) is 20.5 Å². The SMILES string of the molecule is O=C(CSc1nc2ccccc2s1)Nc1nnc(-c2ccc(Cl)cc2)s1. The third-order valence-electron chi connectivity index (χ3n) is 3.36. The zero-order chi connectivity index (χ0) is 17.9. The summed E-state index contributed by atoms with van der Waals surface area (Å²) in [6.07, 6.45) is 0. The van der Waals surface area contributed by atoms with Crippen molar-refractivity contribution in [1.82, 2.24) is 15.2 Å². The molecule has 0 spiro atoms. The molecule has 2 heterocycles. The van der Waals surface area contributed by atoms with Crippen LogP contribution in [0.1, 0.15) is 0 Å². The normalized spacial score (nSPS) is 11.0. The number of nitrogens with one attached hydrogen (secondary N) is 1. The van der Waals surface area contributed by atoms with Gasteiger partial charge in [0, 0.05) is 10.6 Å². The number of thiazole rings is 1. The molecule has 4 rings (SSSR count). The maximum absolute atomic E-state index is 12.2. The molecule has 0 aliphatic heterocycles. The molecule has 0 saturated carbocycles. The highest BCUT2D eigenvalue weighted by Crippen LogP contribution is 2.30. The van der Waals surface area contributed by atoms with Gasteiger partial charge in [0.15, 0.2) is 4.34 Å². The summed E-state index contributed by atoms with van der Waals surface area (Å²) in [4.78, 5) is 16.7. The number of halogens is 1. The Morgan fingerprint density at radius 3 is 2.69 bits per heavy atom. The highest BCUT2D eigenvalue weighted by molar-refractivity contribution is 8.01. The van der Waals surface area contributed by atoms with Gasteiger partial charge in [-0.15, -0.1) is 21.5 Å². The summed E-state index contributed by atoms with van der Waals surface area (Å²) >= 11 is 10.2. The summed E-state index contributed by atoms with van der Waals surface area (Å²) in [5, 5.41) is 12.8. The van der Waals surface area contributed by atoms with Crippen molar-refractivity contribution in [2.24, 2.45) is 0 Å². The number of rotatable bonds is 5. The molecule has 2 aromatic carbocycles. The van der Waals surface area contributed by atoms with Crippen molar-refractivity contribution in [3.8, 4) is 10.6 Å². The molecule has 0 fully saturated rings. The van der Waals surface area contributed by atoms with Gasteiger partial charge in [-0.25, -0.2) is 4.98 Å². The minimum absolute atomic E-state index is 0.131. The van der Waals surface area contributed by atoms with Crippen LogP contribution in [0.15, 0.2) is 52.9 Å². The number of aromatic nitrogens is 3. The van der Waals surface area contributed by atoms with E-state index in [1.165, 1.54) is 23.1 Å². The summed E-state index contributed by atoms with van der Waals surface area (Å²) in [6, 6.07) is 15.3. The molecule has 0 atom stereocenters. The van der Waals surface area contributed by atoms with Gasteiger partial charge in [0.2, 0.25) is 11.0 Å². The molecule has 0 bridgehead atoms. The molecule has 1 N–H and O–H groups in total. The topological polar surface area (TPSA) is 67.8 Å². The molecule has 0 unspecified atom stereocenters. The van der Waals surface area contributed by atoms with Gasteiger partial charge < -0.3 is 0 Å². The van der Waals surface area contributed by atoms with Crippen LogP contribution in [-0.4, -0.2) is 26.8 Å². The number of carbonyl (C=O) groups is 1. The quantitative estimate of drug-likeness (QED) is 0.451. The maximum Gasteiger partial charge on any atom is 0.236 e. The number of amides is 1. The predicted molar refractivity (Wildman–Crippen MR) is 109 cm³/mol. The summed E-state index contributed by atoms with van der Waals surface area (Å²) in [5.74, 6) is 0.142. The number of carbonyl (C=O) groups excluding carboxylic acids is 1. The Labute approximate surface area is 166 Å². The molecule has 0 aliphatic rings. The number of anilines is 1. The fourth-order valence-electron chi connectivity index (χ4n) is 2.18. The van der Waals surface area contributed by atoms with Crippen molar-refractivity contribution < 1.29 is 4.79 Å². The van der Waals surface area contributed by atoms with Crippen LogP contribution in [-0.2, 0) is 4.79 Å². The second-order valence-corrected chi connectivity index (χ2v) is 8.87. The summed E-state index contributed by atoms with van der Waals surface area (Å²) in [7, 11) is 0. The molecule has 0 saturated heterocycles. The van der Waals surface area contributed by atoms with Crippen molar-refractivity contribution >= 4 is 67.3 Å². The first-order chi connectivity index (χ1) is 12.7. The van der Waals surface area contributed by atoms with E-state index in [1.54, 1.807) is 23.5 Å². The van der Waals surface area contributed by atoms with E-state index in [1.807, 2.05) is 36.4 Å². The number of nitrogens with zero attached hydrogens (tertiary/aromatic N) is 3. The molecule has 4 aromatic rings. The highest BCUT2D eigenvalue weighted by Gasteiger charge is 2.11. The average Bonchev–Trinajstić information content (AvgIpc) is 3.27. The molecular formula is C17H11ClN4OS3. The van der Waals surface area contributed by atoms with Crippen LogP contribution in [0.25, 0.3) is 20.8 Å². The number of hydrogen-bond acceptors (Lipinski definition) is 7. The Kier molecular flexibility index (Phi) is 5.16. The van der Waals surface area contributed by atoms with Crippen LogP contribution < -0.4 is 5.32 Å². The zero-order valence-corrected chi connectivity index (χ0v) is 16.4. The van der Waals surface area contributed by atoms with Gasteiger partial charge in [-0.1, -0.05) is 59.0 Å². The van der Waals surface area contributed by atoms with Crippen molar-refractivity contribution in [1.29, 1.82) is 0 Å². The lowest BCUT2D eigenvalue weighted by Gasteiger charge is -1.98. The lowest BCUT2D eigenvalue weighted by atomic mass is 10.2. The Bertz CT molecular complexity index is 1030. The molecular weight excluding hydrogens is 408 g/mol. The van der Waals surface area contributed by atoms with Gasteiger partial charge >= 0.3 is 0 Å². The first-order valence-electron chi connectivity index (χ1n) is 7.55. The first-order valence-corrected chi connectivity index (χ1v) is 10.5. The van der Waals surface area contributed by atoms with Gasteiger partial charge in [-0.2, -0.15) is 0 Å². The number of fused-ring (bicyclic) bond motifs is 1. The van der Waals surface area contributed by atoms with E-state index < -0.39 is 0 Å². The van der Waals surface area contributed by atoms with Gasteiger partial charge in [0.1, 0.15) is 5.01 Å². The molecule has 0 radical (unpaired) electrons. The average molecular weight is 419 g/mol. The standard InChI is InChI=1S/C17H11ClN4OS3/c18-11-7-5-10(6-8-11)15-21-22-16(26-15)20-14(23)9-24-17-19-12-3-1-2-4-13(12)25-17/h1-8H,9H2,(H,20,22,23). The molecule has 0 aliphatic carbocycles. The largest absolute Gasteiger partial charge is 0.300 e. The summed E-state index contributed by atoms with van der Waals surface area (Å²) in [5.41, 5.74) is 1.87. The molecule has 5 nitrogen and oxygen atoms in total. The monoisotopic (exact) mass is 418 g/mol. The van der Waals surface area contributed by atoms with Crippen molar-refractivity contribution in [3.63, 3.8) is 0 Å². The van der Waals surface area contributed by atoms with E-state index in [4.69, 9.17) is 11.6 Å². The van der Waals surface area contributed by atoms with Gasteiger partial charge in [-0.05, 0) is 24.3 Å². The van der Waals surface area contributed by atoms with Crippen molar-refractivity contribution in [2.75, 3.05) is 11.1 Å². The lowest BCUT2D eigenvalue weighted by Crippen LogP contribution is -2.13. The third-order valence-corrected chi connectivity index (χ3v) is 6.68. The van der Waals surface area contributed by atoms with Crippen LogP contribution in [0, 0.1) is 0 Å². The van der Waals surface area contributed by atoms with Crippen LogP contribution in [0.5, 0.6) is 0 Å². The van der Waals surface area contributed by atoms with Crippen LogP contribution in [0.2, 0.25) is 5.02 Å². The van der Waals surface area contributed by atoms with E-state index >= 15 is 0 Å². The van der Waals surface area contributed by atoms with Crippen LogP contribution >= 0.6 is 46.0 Å². The second-order valence-electron chi connectivity index (χ2n) is 5.20. The lowest BCUT2D eigenvalue weighted by molar-refractivity contribution is -0.113. The molecule has 9 heteroatoms.